The Bertz CT molecular complexity index is 756. The highest BCUT2D eigenvalue weighted by atomic mass is 32.1. The van der Waals surface area contributed by atoms with E-state index in [2.05, 4.69) is 46.4 Å². The standard InChI is InChI=1S/C18H21N3OS/c1-13(11-20-17(22)16-7-4-9-19-18(16)23)21-10-8-14-5-2-3-6-15(14)12-21/h2-7,9,13H,8,10-12H2,1H3,(H,19,23)(H,20,22). The number of nitrogens with one attached hydrogen (secondary N) is 2. The van der Waals surface area contributed by atoms with Gasteiger partial charge in [-0.1, -0.05) is 36.5 Å². The van der Waals surface area contributed by atoms with Crippen LogP contribution in [0.4, 0.5) is 0 Å². The van der Waals surface area contributed by atoms with Gasteiger partial charge in [0.25, 0.3) is 5.91 Å². The molecule has 2 aromatic rings. The van der Waals surface area contributed by atoms with Crippen molar-refractivity contribution in [3.63, 3.8) is 0 Å². The number of fused-ring (bicyclic) bond motifs is 1. The zero-order chi connectivity index (χ0) is 16.2. The number of carbonyl (C=O) groups excluding carboxylic acids is 1. The minimum absolute atomic E-state index is 0.115. The molecule has 4 nitrogen and oxygen atoms in total. The lowest BCUT2D eigenvalue weighted by Crippen LogP contribution is -2.44. The molecule has 1 aromatic heterocycles. The predicted molar refractivity (Wildman–Crippen MR) is 94.0 cm³/mol. The van der Waals surface area contributed by atoms with E-state index in [0.29, 0.717) is 16.7 Å². The molecule has 1 aliphatic rings. The summed E-state index contributed by atoms with van der Waals surface area (Å²) in [5.41, 5.74) is 3.36. The van der Waals surface area contributed by atoms with Gasteiger partial charge in [0.2, 0.25) is 0 Å². The number of aromatic amines is 1. The van der Waals surface area contributed by atoms with Gasteiger partial charge in [-0.3, -0.25) is 9.69 Å². The van der Waals surface area contributed by atoms with Crippen molar-refractivity contribution in [2.45, 2.75) is 25.9 Å². The molecule has 0 saturated heterocycles. The average molecular weight is 327 g/mol. The largest absolute Gasteiger partial charge is 0.352 e. The first-order valence-corrected chi connectivity index (χ1v) is 8.32. The molecule has 5 heteroatoms. The number of H-pyrrole nitrogens is 1. The Morgan fingerprint density at radius 1 is 1.30 bits per heavy atom. The van der Waals surface area contributed by atoms with Crippen LogP contribution in [-0.4, -0.2) is 34.9 Å². The molecule has 1 unspecified atom stereocenters. The van der Waals surface area contributed by atoms with Gasteiger partial charge < -0.3 is 10.3 Å². The van der Waals surface area contributed by atoms with Crippen LogP contribution in [0, 0.1) is 4.64 Å². The third-order valence-corrected chi connectivity index (χ3v) is 4.74. The highest BCUT2D eigenvalue weighted by Crippen LogP contribution is 2.19. The Morgan fingerprint density at radius 2 is 2.09 bits per heavy atom. The van der Waals surface area contributed by atoms with Gasteiger partial charge in [-0.2, -0.15) is 0 Å². The zero-order valence-corrected chi connectivity index (χ0v) is 14.0. The molecule has 0 fully saturated rings. The van der Waals surface area contributed by atoms with E-state index < -0.39 is 0 Å². The second-order valence-electron chi connectivity index (χ2n) is 5.96. The lowest BCUT2D eigenvalue weighted by molar-refractivity contribution is 0.0931. The van der Waals surface area contributed by atoms with Crippen molar-refractivity contribution < 1.29 is 4.79 Å². The fourth-order valence-corrected chi connectivity index (χ4v) is 3.19. The third kappa shape index (κ3) is 3.68. The fraction of sp³-hybridized carbons (Fsp3) is 0.333. The van der Waals surface area contributed by atoms with Crippen molar-refractivity contribution in [1.29, 1.82) is 0 Å². The van der Waals surface area contributed by atoms with E-state index in [1.165, 1.54) is 11.1 Å². The molecule has 120 valence electrons. The van der Waals surface area contributed by atoms with Gasteiger partial charge in [0.1, 0.15) is 4.64 Å². The monoisotopic (exact) mass is 327 g/mol. The number of amides is 1. The minimum atomic E-state index is -0.115. The molecule has 0 radical (unpaired) electrons. The molecule has 1 aliphatic heterocycles. The van der Waals surface area contributed by atoms with Crippen molar-refractivity contribution in [3.8, 4) is 0 Å². The molecule has 0 saturated carbocycles. The summed E-state index contributed by atoms with van der Waals surface area (Å²) in [4.78, 5) is 17.5. The quantitative estimate of drug-likeness (QED) is 0.849. The number of benzene rings is 1. The molecular weight excluding hydrogens is 306 g/mol. The summed E-state index contributed by atoms with van der Waals surface area (Å²) in [5.74, 6) is -0.115. The summed E-state index contributed by atoms with van der Waals surface area (Å²) in [5, 5.41) is 2.99. The average Bonchev–Trinajstić information content (AvgIpc) is 2.59. The molecule has 2 heterocycles. The summed E-state index contributed by atoms with van der Waals surface area (Å²) in [7, 11) is 0. The van der Waals surface area contributed by atoms with Crippen LogP contribution in [0.1, 0.15) is 28.4 Å². The van der Waals surface area contributed by atoms with Crippen LogP contribution in [0.2, 0.25) is 0 Å². The molecule has 0 bridgehead atoms. The Labute approximate surface area is 141 Å². The molecular formula is C18H21N3OS. The summed E-state index contributed by atoms with van der Waals surface area (Å²) in [6, 6.07) is 12.4. The minimum Gasteiger partial charge on any atom is -0.352 e. The molecule has 1 aromatic carbocycles. The first-order valence-electron chi connectivity index (χ1n) is 7.92. The van der Waals surface area contributed by atoms with E-state index >= 15 is 0 Å². The van der Waals surface area contributed by atoms with Crippen molar-refractivity contribution in [3.05, 3.63) is 63.9 Å². The number of pyridine rings is 1. The Balaban J connectivity index is 1.58. The van der Waals surface area contributed by atoms with Crippen molar-refractivity contribution in [2.24, 2.45) is 0 Å². The van der Waals surface area contributed by atoms with E-state index in [9.17, 15) is 4.79 Å². The van der Waals surface area contributed by atoms with Crippen LogP contribution >= 0.6 is 12.2 Å². The van der Waals surface area contributed by atoms with Crippen LogP contribution in [0.15, 0.2) is 42.6 Å². The molecule has 2 N–H and O–H groups in total. The first-order chi connectivity index (χ1) is 11.1. The van der Waals surface area contributed by atoms with Crippen LogP contribution in [0.3, 0.4) is 0 Å². The summed E-state index contributed by atoms with van der Waals surface area (Å²) in [6.07, 6.45) is 2.80. The maximum absolute atomic E-state index is 12.2. The normalized spacial score (nSPS) is 15.7. The van der Waals surface area contributed by atoms with E-state index in [1.54, 1.807) is 18.3 Å². The Kier molecular flexibility index (Phi) is 4.88. The van der Waals surface area contributed by atoms with Crippen LogP contribution in [0.5, 0.6) is 0 Å². The number of aromatic nitrogens is 1. The smallest absolute Gasteiger partial charge is 0.254 e. The number of hydrogen-bond donors (Lipinski definition) is 2. The van der Waals surface area contributed by atoms with E-state index in [1.807, 2.05) is 0 Å². The van der Waals surface area contributed by atoms with Gasteiger partial charge in [-0.05, 0) is 36.6 Å². The van der Waals surface area contributed by atoms with Gasteiger partial charge in [0, 0.05) is 31.9 Å². The number of nitrogens with zero attached hydrogens (tertiary/aromatic N) is 1. The van der Waals surface area contributed by atoms with Gasteiger partial charge in [0.15, 0.2) is 0 Å². The molecule has 0 aliphatic carbocycles. The van der Waals surface area contributed by atoms with E-state index in [-0.39, 0.29) is 11.9 Å². The maximum atomic E-state index is 12.2. The van der Waals surface area contributed by atoms with Gasteiger partial charge in [0.05, 0.1) is 5.56 Å². The van der Waals surface area contributed by atoms with E-state index in [0.717, 1.165) is 19.5 Å². The van der Waals surface area contributed by atoms with Crippen molar-refractivity contribution in [2.75, 3.05) is 13.1 Å². The lowest BCUT2D eigenvalue weighted by atomic mass is 9.99. The SMILES string of the molecule is CC(CNC(=O)c1ccc[nH]c1=S)N1CCc2ccccc2C1. The highest BCUT2D eigenvalue weighted by molar-refractivity contribution is 7.71. The van der Waals surface area contributed by atoms with Crippen LogP contribution in [-0.2, 0) is 13.0 Å². The van der Waals surface area contributed by atoms with Gasteiger partial charge in [-0.25, -0.2) is 0 Å². The van der Waals surface area contributed by atoms with Crippen LogP contribution in [0.25, 0.3) is 0 Å². The molecule has 1 amide bonds. The van der Waals surface area contributed by atoms with Crippen molar-refractivity contribution >= 4 is 18.1 Å². The lowest BCUT2D eigenvalue weighted by Gasteiger charge is -2.33. The Hall–Kier alpha value is -1.98. The molecule has 23 heavy (non-hydrogen) atoms. The fourth-order valence-electron chi connectivity index (χ4n) is 2.96. The summed E-state index contributed by atoms with van der Waals surface area (Å²) >= 11 is 5.15. The third-order valence-electron chi connectivity index (χ3n) is 4.40. The van der Waals surface area contributed by atoms with E-state index in [4.69, 9.17) is 12.2 Å². The second-order valence-corrected chi connectivity index (χ2v) is 6.37. The van der Waals surface area contributed by atoms with Gasteiger partial charge >= 0.3 is 0 Å². The van der Waals surface area contributed by atoms with Crippen LogP contribution < -0.4 is 5.32 Å². The topological polar surface area (TPSA) is 48.1 Å². The first kappa shape index (κ1) is 15.9. The molecule has 1 atom stereocenters. The predicted octanol–water partition coefficient (Wildman–Crippen LogP) is 2.92. The molecule has 3 rings (SSSR count). The zero-order valence-electron chi connectivity index (χ0n) is 13.2. The number of carbonyl (C=O) groups is 1. The number of rotatable bonds is 4. The second kappa shape index (κ2) is 7.06. The van der Waals surface area contributed by atoms with Crippen molar-refractivity contribution in [1.82, 2.24) is 15.2 Å². The summed E-state index contributed by atoms with van der Waals surface area (Å²) < 4.78 is 0.476. The van der Waals surface area contributed by atoms with Gasteiger partial charge in [-0.15, -0.1) is 0 Å². The number of hydrogen-bond acceptors (Lipinski definition) is 3. The maximum Gasteiger partial charge on any atom is 0.254 e. The molecule has 0 spiro atoms. The Morgan fingerprint density at radius 3 is 2.87 bits per heavy atom. The summed E-state index contributed by atoms with van der Waals surface area (Å²) in [6.45, 7) is 4.74. The highest BCUT2D eigenvalue weighted by Gasteiger charge is 2.20.